The van der Waals surface area contributed by atoms with Gasteiger partial charge >= 0.3 is 0 Å². The summed E-state index contributed by atoms with van der Waals surface area (Å²) in [7, 11) is 0. The summed E-state index contributed by atoms with van der Waals surface area (Å²) in [6.07, 6.45) is 1.29. The van der Waals surface area contributed by atoms with Crippen LogP contribution in [0.4, 0.5) is 5.13 Å². The molecule has 0 saturated carbocycles. The van der Waals surface area contributed by atoms with E-state index in [2.05, 4.69) is 26.2 Å². The molecule has 0 bridgehead atoms. The van der Waals surface area contributed by atoms with E-state index in [1.165, 1.54) is 11.3 Å². The number of rotatable bonds is 5. The van der Waals surface area contributed by atoms with Gasteiger partial charge in [0.25, 0.3) is 5.91 Å². The van der Waals surface area contributed by atoms with Crippen LogP contribution < -0.4 is 10.1 Å². The lowest BCUT2D eigenvalue weighted by molar-refractivity contribution is -0.121. The quantitative estimate of drug-likeness (QED) is 0.552. The number of amides is 2. The van der Waals surface area contributed by atoms with Gasteiger partial charge in [-0.2, -0.15) is 0 Å². The summed E-state index contributed by atoms with van der Waals surface area (Å²) in [5.41, 5.74) is 1.51. The second-order valence-corrected chi connectivity index (χ2v) is 9.09. The highest BCUT2D eigenvalue weighted by Gasteiger charge is 2.28. The number of thiazole rings is 1. The van der Waals surface area contributed by atoms with Crippen molar-refractivity contribution < 1.29 is 14.3 Å². The van der Waals surface area contributed by atoms with E-state index in [-0.39, 0.29) is 17.7 Å². The predicted octanol–water partition coefficient (Wildman–Crippen LogP) is 4.95. The Balaban J connectivity index is 1.34. The minimum absolute atomic E-state index is 0.0117. The van der Waals surface area contributed by atoms with Crippen molar-refractivity contribution in [1.82, 2.24) is 9.88 Å². The fourth-order valence-electron chi connectivity index (χ4n) is 3.54. The minimum Gasteiger partial charge on any atom is -0.494 e. The first-order valence-corrected chi connectivity index (χ1v) is 11.5. The third kappa shape index (κ3) is 4.65. The molecule has 2 aromatic carbocycles. The first-order valence-electron chi connectivity index (χ1n) is 9.92. The Hall–Kier alpha value is -2.45. The molecule has 1 saturated heterocycles. The Morgan fingerprint density at radius 3 is 2.63 bits per heavy atom. The summed E-state index contributed by atoms with van der Waals surface area (Å²) < 4.78 is 7.44. The second kappa shape index (κ2) is 9.14. The smallest absolute Gasteiger partial charge is 0.253 e. The number of aromatic nitrogens is 1. The van der Waals surface area contributed by atoms with E-state index in [9.17, 15) is 9.59 Å². The highest BCUT2D eigenvalue weighted by atomic mass is 79.9. The van der Waals surface area contributed by atoms with E-state index in [1.807, 2.05) is 54.3 Å². The molecule has 0 unspecified atom stereocenters. The Morgan fingerprint density at radius 2 is 1.93 bits per heavy atom. The van der Waals surface area contributed by atoms with Crippen LogP contribution in [0.15, 0.2) is 46.9 Å². The predicted molar refractivity (Wildman–Crippen MR) is 122 cm³/mol. The third-order valence-electron chi connectivity index (χ3n) is 5.15. The van der Waals surface area contributed by atoms with Gasteiger partial charge in [0.1, 0.15) is 5.75 Å². The molecule has 1 aliphatic heterocycles. The van der Waals surface area contributed by atoms with Crippen molar-refractivity contribution in [2.75, 3.05) is 25.0 Å². The number of ether oxygens (including phenoxy) is 1. The van der Waals surface area contributed by atoms with Crippen LogP contribution in [-0.4, -0.2) is 41.4 Å². The Bertz CT molecular complexity index is 1060. The number of nitrogens with one attached hydrogen (secondary N) is 1. The van der Waals surface area contributed by atoms with Crippen LogP contribution in [0.5, 0.6) is 5.75 Å². The maximum absolute atomic E-state index is 12.7. The van der Waals surface area contributed by atoms with E-state index >= 15 is 0 Å². The first-order chi connectivity index (χ1) is 14.5. The molecule has 4 rings (SSSR count). The number of hydrogen-bond donors (Lipinski definition) is 1. The molecule has 30 heavy (non-hydrogen) atoms. The Kier molecular flexibility index (Phi) is 6.34. The van der Waals surface area contributed by atoms with Crippen molar-refractivity contribution in [2.45, 2.75) is 19.8 Å². The maximum Gasteiger partial charge on any atom is 0.253 e. The average molecular weight is 488 g/mol. The van der Waals surface area contributed by atoms with Crippen molar-refractivity contribution in [3.8, 4) is 5.75 Å². The van der Waals surface area contributed by atoms with Gasteiger partial charge in [-0.25, -0.2) is 4.98 Å². The largest absolute Gasteiger partial charge is 0.494 e. The highest BCUT2D eigenvalue weighted by molar-refractivity contribution is 9.10. The third-order valence-corrected chi connectivity index (χ3v) is 6.61. The molecule has 2 heterocycles. The van der Waals surface area contributed by atoms with Crippen molar-refractivity contribution in [2.24, 2.45) is 5.92 Å². The highest BCUT2D eigenvalue weighted by Crippen LogP contribution is 2.30. The van der Waals surface area contributed by atoms with E-state index in [1.54, 1.807) is 0 Å². The van der Waals surface area contributed by atoms with E-state index < -0.39 is 0 Å². The number of fused-ring (bicyclic) bond motifs is 1. The average Bonchev–Trinajstić information content (AvgIpc) is 3.15. The zero-order valence-electron chi connectivity index (χ0n) is 16.6. The van der Waals surface area contributed by atoms with Crippen LogP contribution in [0.1, 0.15) is 30.1 Å². The number of benzene rings is 2. The van der Waals surface area contributed by atoms with Gasteiger partial charge in [-0.05, 0) is 62.2 Å². The van der Waals surface area contributed by atoms with Gasteiger partial charge < -0.3 is 15.0 Å². The maximum atomic E-state index is 12.7. The minimum atomic E-state index is -0.120. The number of halogens is 1. The lowest BCUT2D eigenvalue weighted by Crippen LogP contribution is -2.41. The number of likely N-dealkylation sites (tertiary alicyclic amines) is 1. The fraction of sp³-hybridized carbons (Fsp3) is 0.318. The number of piperidine rings is 1. The summed E-state index contributed by atoms with van der Waals surface area (Å²) in [6.45, 7) is 3.70. The molecule has 0 spiro atoms. The standard InChI is InChI=1S/C22H22BrN3O3S/c1-2-29-17-7-8-18-19(13-17)30-22(24-18)25-20(27)14-9-11-26(12-10-14)21(28)15-3-5-16(23)6-4-15/h3-8,13-14H,2,9-12H2,1H3,(H,24,25,27). The molecule has 6 nitrogen and oxygen atoms in total. The number of hydrogen-bond acceptors (Lipinski definition) is 5. The molecule has 1 aromatic heterocycles. The van der Waals surface area contributed by atoms with E-state index in [0.29, 0.717) is 43.2 Å². The van der Waals surface area contributed by atoms with Gasteiger partial charge in [0.15, 0.2) is 5.13 Å². The lowest BCUT2D eigenvalue weighted by atomic mass is 9.95. The summed E-state index contributed by atoms with van der Waals surface area (Å²) >= 11 is 4.83. The normalized spacial score (nSPS) is 14.7. The Morgan fingerprint density at radius 1 is 1.20 bits per heavy atom. The fourth-order valence-corrected chi connectivity index (χ4v) is 4.70. The molecule has 156 valence electrons. The lowest BCUT2D eigenvalue weighted by Gasteiger charge is -2.31. The van der Waals surface area contributed by atoms with Crippen molar-refractivity contribution in [3.63, 3.8) is 0 Å². The van der Waals surface area contributed by atoms with Gasteiger partial charge in [-0.3, -0.25) is 9.59 Å². The summed E-state index contributed by atoms with van der Waals surface area (Å²) in [4.78, 5) is 31.7. The summed E-state index contributed by atoms with van der Waals surface area (Å²) in [6, 6.07) is 13.1. The van der Waals surface area contributed by atoms with Crippen molar-refractivity contribution >= 4 is 54.4 Å². The van der Waals surface area contributed by atoms with E-state index in [0.717, 1.165) is 20.4 Å². The first kappa shape index (κ1) is 20.8. The SMILES string of the molecule is CCOc1ccc2nc(NC(=O)C3CCN(C(=O)c4ccc(Br)cc4)CC3)sc2c1. The van der Waals surface area contributed by atoms with Gasteiger partial charge in [0.2, 0.25) is 5.91 Å². The molecule has 1 aliphatic rings. The summed E-state index contributed by atoms with van der Waals surface area (Å²) in [5, 5.41) is 3.55. The topological polar surface area (TPSA) is 71.5 Å². The van der Waals surface area contributed by atoms with Gasteiger partial charge in [-0.1, -0.05) is 27.3 Å². The van der Waals surface area contributed by atoms with Crippen molar-refractivity contribution in [3.05, 3.63) is 52.5 Å². The number of carbonyl (C=O) groups is 2. The molecule has 0 atom stereocenters. The van der Waals surface area contributed by atoms with Crippen LogP contribution >= 0.6 is 27.3 Å². The number of anilines is 1. The van der Waals surface area contributed by atoms with E-state index in [4.69, 9.17) is 4.74 Å². The van der Waals surface area contributed by atoms with Gasteiger partial charge in [-0.15, -0.1) is 0 Å². The molecule has 0 radical (unpaired) electrons. The van der Waals surface area contributed by atoms with Crippen LogP contribution in [0.25, 0.3) is 10.2 Å². The molecule has 0 aliphatic carbocycles. The molecular weight excluding hydrogens is 466 g/mol. The van der Waals surface area contributed by atoms with Crippen LogP contribution in [-0.2, 0) is 4.79 Å². The number of carbonyl (C=O) groups excluding carboxylic acids is 2. The molecule has 1 fully saturated rings. The van der Waals surface area contributed by atoms with Gasteiger partial charge in [0, 0.05) is 29.0 Å². The van der Waals surface area contributed by atoms with Crippen LogP contribution in [0, 0.1) is 5.92 Å². The monoisotopic (exact) mass is 487 g/mol. The zero-order chi connectivity index (χ0) is 21.1. The number of nitrogens with zero attached hydrogens (tertiary/aromatic N) is 2. The summed E-state index contributed by atoms with van der Waals surface area (Å²) in [5.74, 6) is 0.659. The second-order valence-electron chi connectivity index (χ2n) is 7.14. The van der Waals surface area contributed by atoms with Crippen LogP contribution in [0.2, 0.25) is 0 Å². The molecule has 2 amide bonds. The molecular formula is C22H22BrN3O3S. The molecule has 3 aromatic rings. The molecule has 1 N–H and O–H groups in total. The van der Waals surface area contributed by atoms with Crippen LogP contribution in [0.3, 0.4) is 0 Å². The molecule has 8 heteroatoms. The van der Waals surface area contributed by atoms with Gasteiger partial charge in [0.05, 0.1) is 16.8 Å². The van der Waals surface area contributed by atoms with Crippen molar-refractivity contribution in [1.29, 1.82) is 0 Å². The zero-order valence-corrected chi connectivity index (χ0v) is 19.0. The Labute approximate surface area is 187 Å².